The molecule has 1 nitrogen and oxygen atoms in total. The van der Waals surface area contributed by atoms with Gasteiger partial charge in [0.05, 0.1) is 0 Å². The molecule has 13 aromatic rings. The van der Waals surface area contributed by atoms with Crippen LogP contribution in [0.5, 0.6) is 0 Å². The maximum Gasteiger partial charge on any atom is 0.136 e. The van der Waals surface area contributed by atoms with Crippen LogP contribution < -0.4 is 0 Å². The van der Waals surface area contributed by atoms with Crippen molar-refractivity contribution in [2.75, 3.05) is 0 Å². The van der Waals surface area contributed by atoms with Gasteiger partial charge < -0.3 is 4.42 Å². The summed E-state index contributed by atoms with van der Waals surface area (Å²) in [6.07, 6.45) is 0. The van der Waals surface area contributed by atoms with Gasteiger partial charge in [-0.1, -0.05) is 158 Å². The predicted molar refractivity (Wildman–Crippen MR) is 250 cm³/mol. The Labute approximate surface area is 337 Å². The summed E-state index contributed by atoms with van der Waals surface area (Å²) in [6.45, 7) is 0. The van der Waals surface area contributed by atoms with Gasteiger partial charge in [0.15, 0.2) is 0 Å². The number of thiophene rings is 1. The Morgan fingerprint density at radius 2 is 0.879 bits per heavy atom. The summed E-state index contributed by atoms with van der Waals surface area (Å²) < 4.78 is 8.97. The Morgan fingerprint density at radius 1 is 0.293 bits per heavy atom. The van der Waals surface area contributed by atoms with Gasteiger partial charge in [0.1, 0.15) is 11.2 Å². The van der Waals surface area contributed by atoms with Crippen molar-refractivity contribution in [1.29, 1.82) is 0 Å². The zero-order valence-electron chi connectivity index (χ0n) is 31.3. The van der Waals surface area contributed by atoms with Crippen LogP contribution in [0.4, 0.5) is 0 Å². The molecule has 13 rings (SSSR count). The maximum absolute atomic E-state index is 6.36. The normalized spacial score (nSPS) is 12.1. The van der Waals surface area contributed by atoms with Crippen molar-refractivity contribution in [3.8, 4) is 33.4 Å². The summed E-state index contributed by atoms with van der Waals surface area (Å²) in [5.41, 5.74) is 9.41. The molecular weight excluding hydrogens is 721 g/mol. The van der Waals surface area contributed by atoms with E-state index in [-0.39, 0.29) is 0 Å². The lowest BCUT2D eigenvalue weighted by atomic mass is 9.84. The van der Waals surface area contributed by atoms with Gasteiger partial charge in [-0.25, -0.2) is 0 Å². The first-order valence-corrected chi connectivity index (χ1v) is 20.7. The van der Waals surface area contributed by atoms with Gasteiger partial charge in [-0.2, -0.15) is 0 Å². The van der Waals surface area contributed by atoms with E-state index < -0.39 is 0 Å². The van der Waals surface area contributed by atoms with Gasteiger partial charge in [-0.15, -0.1) is 11.3 Å². The lowest BCUT2D eigenvalue weighted by Gasteiger charge is -2.19. The van der Waals surface area contributed by atoms with Crippen LogP contribution >= 0.6 is 11.3 Å². The quantitative estimate of drug-likeness (QED) is 0.164. The van der Waals surface area contributed by atoms with Crippen molar-refractivity contribution in [3.63, 3.8) is 0 Å². The number of hydrogen-bond donors (Lipinski definition) is 0. The highest BCUT2D eigenvalue weighted by Gasteiger charge is 2.19. The molecule has 268 valence electrons. The topological polar surface area (TPSA) is 13.1 Å². The molecule has 0 bridgehead atoms. The van der Waals surface area contributed by atoms with E-state index in [0.717, 1.165) is 11.2 Å². The summed E-state index contributed by atoms with van der Waals surface area (Å²) in [6, 6.07) is 71.6. The second-order valence-corrected chi connectivity index (χ2v) is 16.6. The van der Waals surface area contributed by atoms with Gasteiger partial charge in [0, 0.05) is 36.3 Å². The van der Waals surface area contributed by atoms with Crippen molar-refractivity contribution < 1.29 is 4.42 Å². The van der Waals surface area contributed by atoms with Crippen LogP contribution in [-0.4, -0.2) is 0 Å². The lowest BCUT2D eigenvalue weighted by Crippen LogP contribution is -1.91. The molecule has 58 heavy (non-hydrogen) atoms. The Bertz CT molecular complexity index is 3800. The van der Waals surface area contributed by atoms with Gasteiger partial charge in [0.2, 0.25) is 0 Å². The minimum atomic E-state index is 0.934. The third kappa shape index (κ3) is 4.58. The van der Waals surface area contributed by atoms with E-state index >= 15 is 0 Å². The molecule has 0 aliphatic rings. The number of fused-ring (bicyclic) bond motifs is 12. The molecular formula is C56H32OS. The van der Waals surface area contributed by atoms with E-state index in [9.17, 15) is 0 Å². The Hall–Kier alpha value is -7.26. The Balaban J connectivity index is 0.991. The molecule has 2 aromatic heterocycles. The lowest BCUT2D eigenvalue weighted by molar-refractivity contribution is 0.669. The summed E-state index contributed by atoms with van der Waals surface area (Å²) in [4.78, 5) is 0. The molecule has 0 radical (unpaired) electrons. The molecule has 0 aliphatic heterocycles. The average Bonchev–Trinajstić information content (AvgIpc) is 3.84. The van der Waals surface area contributed by atoms with Crippen molar-refractivity contribution in [1.82, 2.24) is 0 Å². The number of para-hydroxylation sites is 1. The summed E-state index contributed by atoms with van der Waals surface area (Å²) in [5, 5.41) is 17.5. The third-order valence-electron chi connectivity index (χ3n) is 12.4. The number of hydrogen-bond acceptors (Lipinski definition) is 2. The highest BCUT2D eigenvalue weighted by molar-refractivity contribution is 7.26. The van der Waals surface area contributed by atoms with Crippen LogP contribution in [-0.2, 0) is 0 Å². The highest BCUT2D eigenvalue weighted by atomic mass is 32.1. The van der Waals surface area contributed by atoms with E-state index in [4.69, 9.17) is 4.42 Å². The second-order valence-electron chi connectivity index (χ2n) is 15.5. The molecule has 0 aliphatic carbocycles. The van der Waals surface area contributed by atoms with Crippen LogP contribution in [0.2, 0.25) is 0 Å². The SMILES string of the molecule is c1ccc2c(-c3c4ccccc4c(-c4ccc5cc(-c6cc7c8cc9oc%10ccccc%10c9cc8sc7c7ccccc67)ccc5c4)c4ccccc34)cccc2c1. The van der Waals surface area contributed by atoms with Crippen LogP contribution in [0.25, 0.3) is 129 Å². The van der Waals surface area contributed by atoms with Gasteiger partial charge in [-0.05, 0) is 118 Å². The van der Waals surface area contributed by atoms with E-state index in [1.807, 2.05) is 17.4 Å². The zero-order chi connectivity index (χ0) is 37.9. The van der Waals surface area contributed by atoms with Crippen molar-refractivity contribution in [2.45, 2.75) is 0 Å². The van der Waals surface area contributed by atoms with E-state index in [1.165, 1.54) is 118 Å². The van der Waals surface area contributed by atoms with Gasteiger partial charge >= 0.3 is 0 Å². The smallest absolute Gasteiger partial charge is 0.136 e. The van der Waals surface area contributed by atoms with Crippen LogP contribution in [0.3, 0.4) is 0 Å². The molecule has 0 unspecified atom stereocenters. The zero-order valence-corrected chi connectivity index (χ0v) is 32.1. The molecule has 2 heteroatoms. The van der Waals surface area contributed by atoms with Crippen LogP contribution in [0, 0.1) is 0 Å². The first kappa shape index (κ1) is 31.9. The van der Waals surface area contributed by atoms with E-state index in [0.29, 0.717) is 0 Å². The van der Waals surface area contributed by atoms with Gasteiger partial charge in [0.25, 0.3) is 0 Å². The van der Waals surface area contributed by atoms with E-state index in [1.54, 1.807) is 0 Å². The fourth-order valence-corrected chi connectivity index (χ4v) is 11.0. The number of benzene rings is 11. The third-order valence-corrected chi connectivity index (χ3v) is 13.6. The molecule has 0 saturated heterocycles. The van der Waals surface area contributed by atoms with Crippen molar-refractivity contribution in [2.24, 2.45) is 0 Å². The molecule has 0 spiro atoms. The fourth-order valence-electron chi connectivity index (χ4n) is 9.80. The first-order chi connectivity index (χ1) is 28.7. The molecule has 0 fully saturated rings. The maximum atomic E-state index is 6.36. The standard InChI is InChI=1S/C56H32OS/c1-2-14-38-33(12-1)13-11-22-41(38)55-44-19-6-4-17-42(44)54(43-18-5-7-20-45(43)55)37-27-25-34-28-36(26-24-35(34)29-37)47-30-50-49-31-52-48(40-16-9-10-23-51(40)57-52)32-53(49)58-56(50)46-21-8-3-15-39(46)47/h1-32H. The average molecular weight is 753 g/mol. The minimum absolute atomic E-state index is 0.934. The van der Waals surface area contributed by atoms with Crippen molar-refractivity contribution >= 4 is 107 Å². The van der Waals surface area contributed by atoms with Crippen molar-refractivity contribution in [3.05, 3.63) is 194 Å². The summed E-state index contributed by atoms with van der Waals surface area (Å²) in [7, 11) is 0. The monoisotopic (exact) mass is 752 g/mol. The van der Waals surface area contributed by atoms with Crippen LogP contribution in [0.1, 0.15) is 0 Å². The molecule has 0 amide bonds. The van der Waals surface area contributed by atoms with Gasteiger partial charge in [-0.3, -0.25) is 0 Å². The summed E-state index contributed by atoms with van der Waals surface area (Å²) in [5.74, 6) is 0. The first-order valence-electron chi connectivity index (χ1n) is 19.9. The summed E-state index contributed by atoms with van der Waals surface area (Å²) >= 11 is 1.88. The van der Waals surface area contributed by atoms with Crippen LogP contribution in [0.15, 0.2) is 199 Å². The molecule has 2 heterocycles. The Morgan fingerprint density at radius 3 is 1.64 bits per heavy atom. The molecule has 11 aromatic carbocycles. The Kier molecular flexibility index (Phi) is 6.66. The predicted octanol–water partition coefficient (Wildman–Crippen LogP) is 16.7. The fraction of sp³-hybridized carbons (Fsp3) is 0. The minimum Gasteiger partial charge on any atom is -0.456 e. The molecule has 0 atom stereocenters. The second kappa shape index (κ2) is 12.1. The molecule has 0 saturated carbocycles. The number of furan rings is 1. The largest absolute Gasteiger partial charge is 0.456 e. The highest BCUT2D eigenvalue weighted by Crippen LogP contribution is 2.47. The molecule has 0 N–H and O–H groups in total. The van der Waals surface area contributed by atoms with E-state index in [2.05, 4.69) is 188 Å². The number of rotatable bonds is 3.